The van der Waals surface area contributed by atoms with Crippen LogP contribution in [-0.4, -0.2) is 30.1 Å². The van der Waals surface area contributed by atoms with E-state index in [2.05, 4.69) is 10.6 Å². The summed E-state index contributed by atoms with van der Waals surface area (Å²) in [5, 5.41) is 13.5. The van der Waals surface area contributed by atoms with E-state index in [0.717, 1.165) is 5.56 Å². The summed E-state index contributed by atoms with van der Waals surface area (Å²) in [6, 6.07) is 9.50. The third-order valence-corrected chi connectivity index (χ3v) is 1.89. The molecule has 0 heterocycles. The summed E-state index contributed by atoms with van der Waals surface area (Å²) in [7, 11) is 0. The molecule has 1 aromatic carbocycles. The summed E-state index contributed by atoms with van der Waals surface area (Å²) in [6.45, 7) is 0.256. The van der Waals surface area contributed by atoms with E-state index in [0.29, 0.717) is 6.54 Å². The first-order valence-electron chi connectivity index (χ1n) is 4.91. The molecule has 1 aromatic rings. The van der Waals surface area contributed by atoms with Crippen molar-refractivity contribution < 1.29 is 14.7 Å². The summed E-state index contributed by atoms with van der Waals surface area (Å²) >= 11 is 0. The molecule has 16 heavy (non-hydrogen) atoms. The van der Waals surface area contributed by atoms with E-state index >= 15 is 0 Å². The van der Waals surface area contributed by atoms with Gasteiger partial charge < -0.3 is 10.4 Å². The maximum atomic E-state index is 11.2. The first-order valence-corrected chi connectivity index (χ1v) is 4.91. The zero-order valence-corrected chi connectivity index (χ0v) is 8.77. The van der Waals surface area contributed by atoms with Gasteiger partial charge in [0.2, 0.25) is 5.91 Å². The number of carboxylic acid groups (broad SMARTS) is 1. The van der Waals surface area contributed by atoms with E-state index in [1.54, 1.807) is 0 Å². The van der Waals surface area contributed by atoms with Gasteiger partial charge >= 0.3 is 5.97 Å². The Labute approximate surface area is 93.5 Å². The van der Waals surface area contributed by atoms with Crippen molar-refractivity contribution in [2.75, 3.05) is 13.1 Å². The van der Waals surface area contributed by atoms with Gasteiger partial charge in [-0.1, -0.05) is 30.3 Å². The first kappa shape index (κ1) is 12.2. The molecule has 0 aromatic heterocycles. The highest BCUT2D eigenvalue weighted by Gasteiger charge is 2.01. The highest BCUT2D eigenvalue weighted by molar-refractivity contribution is 5.78. The van der Waals surface area contributed by atoms with Crippen LogP contribution in [0.25, 0.3) is 0 Å². The second-order valence-corrected chi connectivity index (χ2v) is 3.26. The normalized spacial score (nSPS) is 9.75. The van der Waals surface area contributed by atoms with Gasteiger partial charge in [0, 0.05) is 6.54 Å². The molecule has 5 heteroatoms. The van der Waals surface area contributed by atoms with Crippen LogP contribution in [0.15, 0.2) is 30.3 Å². The number of carbonyl (C=O) groups is 2. The largest absolute Gasteiger partial charge is 0.480 e. The van der Waals surface area contributed by atoms with Crippen LogP contribution in [0.3, 0.4) is 0 Å². The van der Waals surface area contributed by atoms with Gasteiger partial charge in [-0.15, -0.1) is 0 Å². The number of hydrogen-bond donors (Lipinski definition) is 3. The lowest BCUT2D eigenvalue weighted by atomic mass is 10.2. The SMILES string of the molecule is O=C(O)CNCC(=O)NCc1ccccc1. The molecule has 0 saturated carbocycles. The van der Waals surface area contributed by atoms with Crippen LogP contribution < -0.4 is 10.6 Å². The molecule has 0 saturated heterocycles. The molecule has 0 aliphatic rings. The second-order valence-electron chi connectivity index (χ2n) is 3.26. The maximum absolute atomic E-state index is 11.2. The van der Waals surface area contributed by atoms with E-state index in [9.17, 15) is 9.59 Å². The topological polar surface area (TPSA) is 78.4 Å². The number of aliphatic carboxylic acids is 1. The Hall–Kier alpha value is -1.88. The molecule has 1 amide bonds. The molecule has 1 rings (SSSR count). The van der Waals surface area contributed by atoms with Crippen molar-refractivity contribution in [3.63, 3.8) is 0 Å². The van der Waals surface area contributed by atoms with Crippen LogP contribution in [0.4, 0.5) is 0 Å². The predicted molar refractivity (Wildman–Crippen MR) is 58.8 cm³/mol. The summed E-state index contributed by atoms with van der Waals surface area (Å²) in [5.74, 6) is -1.19. The molecule has 0 bridgehead atoms. The zero-order chi connectivity index (χ0) is 11.8. The fourth-order valence-corrected chi connectivity index (χ4v) is 1.14. The number of carboxylic acids is 1. The molecule has 0 spiro atoms. The first-order chi connectivity index (χ1) is 7.68. The summed E-state index contributed by atoms with van der Waals surface area (Å²) in [6.07, 6.45) is 0. The Kier molecular flexibility index (Phi) is 5.01. The van der Waals surface area contributed by atoms with Crippen molar-refractivity contribution in [2.45, 2.75) is 6.54 Å². The Morgan fingerprint density at radius 1 is 1.12 bits per heavy atom. The molecular weight excluding hydrogens is 208 g/mol. The molecule has 5 nitrogen and oxygen atoms in total. The summed E-state index contributed by atoms with van der Waals surface area (Å²) in [5.41, 5.74) is 1.01. The molecule has 0 unspecified atom stereocenters. The van der Waals surface area contributed by atoms with Gasteiger partial charge in [-0.2, -0.15) is 0 Å². The fourth-order valence-electron chi connectivity index (χ4n) is 1.14. The van der Waals surface area contributed by atoms with Crippen LogP contribution in [0.5, 0.6) is 0 Å². The van der Waals surface area contributed by atoms with Gasteiger partial charge in [0.05, 0.1) is 13.1 Å². The summed E-state index contributed by atoms with van der Waals surface area (Å²) in [4.78, 5) is 21.4. The molecule has 0 aliphatic carbocycles. The van der Waals surface area contributed by atoms with Crippen molar-refractivity contribution in [3.05, 3.63) is 35.9 Å². The van der Waals surface area contributed by atoms with E-state index in [-0.39, 0.29) is 19.0 Å². The average molecular weight is 222 g/mol. The third kappa shape index (κ3) is 5.11. The standard InChI is InChI=1S/C11H14N2O3/c14-10(7-12-8-11(15)16)13-6-9-4-2-1-3-5-9/h1-5,12H,6-8H2,(H,13,14)(H,15,16). The highest BCUT2D eigenvalue weighted by atomic mass is 16.4. The quantitative estimate of drug-likeness (QED) is 0.632. The lowest BCUT2D eigenvalue weighted by Crippen LogP contribution is -2.35. The van der Waals surface area contributed by atoms with Crippen LogP contribution in [0.2, 0.25) is 0 Å². The Balaban J connectivity index is 2.18. The highest BCUT2D eigenvalue weighted by Crippen LogP contribution is 1.96. The molecule has 0 atom stereocenters. The van der Waals surface area contributed by atoms with Crippen molar-refractivity contribution in [2.24, 2.45) is 0 Å². The van der Waals surface area contributed by atoms with Crippen molar-refractivity contribution >= 4 is 11.9 Å². The van der Waals surface area contributed by atoms with E-state index in [1.165, 1.54) is 0 Å². The smallest absolute Gasteiger partial charge is 0.317 e. The number of rotatable bonds is 6. The van der Waals surface area contributed by atoms with Crippen molar-refractivity contribution in [1.82, 2.24) is 10.6 Å². The van der Waals surface area contributed by atoms with E-state index in [4.69, 9.17) is 5.11 Å². The predicted octanol–water partition coefficient (Wildman–Crippen LogP) is -0.0230. The minimum Gasteiger partial charge on any atom is -0.480 e. The number of benzene rings is 1. The summed E-state index contributed by atoms with van der Waals surface area (Å²) < 4.78 is 0. The Morgan fingerprint density at radius 2 is 1.81 bits per heavy atom. The number of carbonyl (C=O) groups excluding carboxylic acids is 1. The zero-order valence-electron chi connectivity index (χ0n) is 8.77. The third-order valence-electron chi connectivity index (χ3n) is 1.89. The van der Waals surface area contributed by atoms with Gasteiger partial charge in [0.15, 0.2) is 0 Å². The van der Waals surface area contributed by atoms with Gasteiger partial charge in [-0.05, 0) is 5.56 Å². The molecule has 3 N–H and O–H groups in total. The van der Waals surface area contributed by atoms with Crippen molar-refractivity contribution in [1.29, 1.82) is 0 Å². The lowest BCUT2D eigenvalue weighted by Gasteiger charge is -2.05. The van der Waals surface area contributed by atoms with Gasteiger partial charge in [-0.25, -0.2) is 0 Å². The molecule has 0 radical (unpaired) electrons. The molecule has 86 valence electrons. The van der Waals surface area contributed by atoms with E-state index < -0.39 is 5.97 Å². The van der Waals surface area contributed by atoms with Crippen LogP contribution in [-0.2, 0) is 16.1 Å². The Bertz CT molecular complexity index is 352. The molecule has 0 fully saturated rings. The van der Waals surface area contributed by atoms with Gasteiger partial charge in [0.1, 0.15) is 0 Å². The fraction of sp³-hybridized carbons (Fsp3) is 0.273. The molecule has 0 aliphatic heterocycles. The minimum atomic E-state index is -0.976. The minimum absolute atomic E-state index is 0.0130. The van der Waals surface area contributed by atoms with Crippen LogP contribution >= 0.6 is 0 Å². The number of hydrogen-bond acceptors (Lipinski definition) is 3. The second kappa shape index (κ2) is 6.58. The van der Waals surface area contributed by atoms with Gasteiger partial charge in [0.25, 0.3) is 0 Å². The monoisotopic (exact) mass is 222 g/mol. The Morgan fingerprint density at radius 3 is 2.44 bits per heavy atom. The lowest BCUT2D eigenvalue weighted by molar-refractivity contribution is -0.136. The average Bonchev–Trinajstić information content (AvgIpc) is 2.27. The van der Waals surface area contributed by atoms with E-state index in [1.807, 2.05) is 30.3 Å². The van der Waals surface area contributed by atoms with Crippen molar-refractivity contribution in [3.8, 4) is 0 Å². The van der Waals surface area contributed by atoms with Crippen LogP contribution in [0, 0.1) is 0 Å². The maximum Gasteiger partial charge on any atom is 0.317 e. The number of nitrogens with one attached hydrogen (secondary N) is 2. The van der Waals surface area contributed by atoms with Gasteiger partial charge in [-0.3, -0.25) is 14.9 Å². The van der Waals surface area contributed by atoms with Crippen LogP contribution in [0.1, 0.15) is 5.56 Å². The molecular formula is C11H14N2O3. The number of amides is 1.